The second-order valence-corrected chi connectivity index (χ2v) is 8.19. The van der Waals surface area contributed by atoms with Crippen LogP contribution in [0.1, 0.15) is 22.3 Å². The van der Waals surface area contributed by atoms with Gasteiger partial charge in [-0.3, -0.25) is 4.79 Å². The average Bonchev–Trinajstić information content (AvgIpc) is 2.71. The van der Waals surface area contributed by atoms with Crippen LogP contribution in [0.4, 0.5) is 0 Å². The quantitative estimate of drug-likeness (QED) is 0.386. The number of aromatic nitrogens is 1. The van der Waals surface area contributed by atoms with E-state index < -0.39 is 0 Å². The highest BCUT2D eigenvalue weighted by atomic mass is 35.5. The van der Waals surface area contributed by atoms with Gasteiger partial charge in [0.1, 0.15) is 12.4 Å². The Balaban J connectivity index is 1.96. The van der Waals surface area contributed by atoms with Crippen LogP contribution < -0.4 is 10.3 Å². The van der Waals surface area contributed by atoms with Crippen LogP contribution in [0.2, 0.25) is 5.02 Å². The number of halogens is 1. The van der Waals surface area contributed by atoms with Crippen LogP contribution in [-0.4, -0.2) is 4.57 Å². The Bertz CT molecular complexity index is 1320. The molecule has 0 amide bonds. The SMILES string of the molecule is Cc1ccc2c(=O)n(C)c(-c3ccccc3C)c(COc3ccc(Cl)cc3C)c2c1. The van der Waals surface area contributed by atoms with Gasteiger partial charge in [-0.15, -0.1) is 0 Å². The van der Waals surface area contributed by atoms with Crippen LogP contribution in [0.25, 0.3) is 22.0 Å². The van der Waals surface area contributed by atoms with Gasteiger partial charge in [0.2, 0.25) is 0 Å². The van der Waals surface area contributed by atoms with E-state index in [4.69, 9.17) is 16.3 Å². The second-order valence-electron chi connectivity index (χ2n) is 7.75. The first-order valence-electron chi connectivity index (χ1n) is 9.94. The average molecular weight is 418 g/mol. The molecule has 3 nitrogen and oxygen atoms in total. The van der Waals surface area contributed by atoms with Crippen LogP contribution in [0.15, 0.2) is 65.5 Å². The van der Waals surface area contributed by atoms with E-state index in [1.54, 1.807) is 4.57 Å². The first-order chi connectivity index (χ1) is 14.4. The monoisotopic (exact) mass is 417 g/mol. The molecule has 1 heterocycles. The highest BCUT2D eigenvalue weighted by molar-refractivity contribution is 6.30. The molecule has 1 aromatic heterocycles. The molecule has 0 bridgehead atoms. The van der Waals surface area contributed by atoms with Gasteiger partial charge in [0.05, 0.1) is 5.69 Å². The zero-order valence-corrected chi connectivity index (χ0v) is 18.4. The fraction of sp³-hybridized carbons (Fsp3) is 0.192. The fourth-order valence-electron chi connectivity index (χ4n) is 3.96. The second kappa shape index (κ2) is 8.00. The molecule has 0 spiro atoms. The number of aryl methyl sites for hydroxylation is 3. The normalized spacial score (nSPS) is 11.1. The molecule has 30 heavy (non-hydrogen) atoms. The summed E-state index contributed by atoms with van der Waals surface area (Å²) in [6.45, 7) is 6.43. The van der Waals surface area contributed by atoms with E-state index in [0.29, 0.717) is 17.0 Å². The summed E-state index contributed by atoms with van der Waals surface area (Å²) < 4.78 is 7.99. The Labute approximate surface area is 181 Å². The number of nitrogens with zero attached hydrogens (tertiary/aromatic N) is 1. The largest absolute Gasteiger partial charge is 0.489 e. The van der Waals surface area contributed by atoms with Gasteiger partial charge < -0.3 is 9.30 Å². The summed E-state index contributed by atoms with van der Waals surface area (Å²) in [5.41, 5.74) is 6.12. The third-order valence-electron chi connectivity index (χ3n) is 5.57. The lowest BCUT2D eigenvalue weighted by atomic mass is 9.96. The Morgan fingerprint density at radius 2 is 1.67 bits per heavy atom. The molecular formula is C26H24ClNO2. The molecule has 0 unspecified atom stereocenters. The molecule has 4 aromatic rings. The number of benzene rings is 3. The van der Waals surface area contributed by atoms with Crippen LogP contribution >= 0.6 is 11.6 Å². The number of hydrogen-bond donors (Lipinski definition) is 0. The van der Waals surface area contributed by atoms with E-state index in [9.17, 15) is 4.79 Å². The minimum Gasteiger partial charge on any atom is -0.489 e. The van der Waals surface area contributed by atoms with Crippen molar-refractivity contribution in [2.75, 3.05) is 0 Å². The molecule has 0 aliphatic rings. The molecule has 0 saturated carbocycles. The third kappa shape index (κ3) is 3.61. The van der Waals surface area contributed by atoms with E-state index >= 15 is 0 Å². The molecule has 4 rings (SSSR count). The van der Waals surface area contributed by atoms with Gasteiger partial charge in [-0.2, -0.15) is 0 Å². The number of ether oxygens (including phenoxy) is 1. The van der Waals surface area contributed by atoms with Crippen LogP contribution in [0, 0.1) is 20.8 Å². The zero-order valence-electron chi connectivity index (χ0n) is 17.6. The zero-order chi connectivity index (χ0) is 21.4. The van der Waals surface area contributed by atoms with Crippen molar-refractivity contribution in [3.8, 4) is 17.0 Å². The van der Waals surface area contributed by atoms with Crippen molar-refractivity contribution in [1.82, 2.24) is 4.57 Å². The van der Waals surface area contributed by atoms with E-state index in [2.05, 4.69) is 25.1 Å². The summed E-state index contributed by atoms with van der Waals surface area (Å²) in [5.74, 6) is 0.782. The predicted octanol–water partition coefficient (Wildman–Crippen LogP) is 6.36. The molecule has 0 N–H and O–H groups in total. The number of hydrogen-bond acceptors (Lipinski definition) is 2. The summed E-state index contributed by atoms with van der Waals surface area (Å²) in [4.78, 5) is 13.2. The van der Waals surface area contributed by atoms with Gasteiger partial charge in [-0.05, 0) is 61.5 Å². The van der Waals surface area contributed by atoms with E-state index in [1.807, 2.05) is 63.4 Å². The Hall–Kier alpha value is -3.04. The summed E-state index contributed by atoms with van der Waals surface area (Å²) in [5, 5.41) is 2.32. The maximum absolute atomic E-state index is 13.2. The molecule has 0 fully saturated rings. The summed E-state index contributed by atoms with van der Waals surface area (Å²) in [7, 11) is 1.83. The smallest absolute Gasteiger partial charge is 0.258 e. The van der Waals surface area contributed by atoms with Crippen molar-refractivity contribution in [3.05, 3.63) is 98.3 Å². The van der Waals surface area contributed by atoms with Crippen molar-refractivity contribution >= 4 is 22.4 Å². The highest BCUT2D eigenvalue weighted by Crippen LogP contribution is 2.32. The Morgan fingerprint density at radius 1 is 0.900 bits per heavy atom. The van der Waals surface area contributed by atoms with Crippen molar-refractivity contribution in [1.29, 1.82) is 0 Å². The summed E-state index contributed by atoms with van der Waals surface area (Å²) >= 11 is 6.10. The highest BCUT2D eigenvalue weighted by Gasteiger charge is 2.18. The number of rotatable bonds is 4. The predicted molar refractivity (Wildman–Crippen MR) is 125 cm³/mol. The molecule has 4 heteroatoms. The molecule has 3 aromatic carbocycles. The molecular weight excluding hydrogens is 394 g/mol. The van der Waals surface area contributed by atoms with Gasteiger partial charge in [0.25, 0.3) is 5.56 Å². The lowest BCUT2D eigenvalue weighted by Gasteiger charge is -2.20. The number of pyridine rings is 1. The molecule has 0 saturated heterocycles. The fourth-order valence-corrected chi connectivity index (χ4v) is 4.19. The van der Waals surface area contributed by atoms with Crippen molar-refractivity contribution in [2.45, 2.75) is 27.4 Å². The van der Waals surface area contributed by atoms with Gasteiger partial charge in [0.15, 0.2) is 0 Å². The van der Waals surface area contributed by atoms with Gasteiger partial charge in [-0.25, -0.2) is 0 Å². The third-order valence-corrected chi connectivity index (χ3v) is 5.80. The topological polar surface area (TPSA) is 31.2 Å². The van der Waals surface area contributed by atoms with Crippen LogP contribution in [0.5, 0.6) is 5.75 Å². The van der Waals surface area contributed by atoms with E-state index in [-0.39, 0.29) is 5.56 Å². The molecule has 0 atom stereocenters. The van der Waals surface area contributed by atoms with Gasteiger partial charge in [0, 0.05) is 28.6 Å². The van der Waals surface area contributed by atoms with Crippen molar-refractivity contribution in [3.63, 3.8) is 0 Å². The molecule has 152 valence electrons. The van der Waals surface area contributed by atoms with Crippen LogP contribution in [-0.2, 0) is 13.7 Å². The molecule has 0 aliphatic heterocycles. The van der Waals surface area contributed by atoms with E-state index in [0.717, 1.165) is 44.6 Å². The summed E-state index contributed by atoms with van der Waals surface area (Å²) in [6, 6.07) is 19.7. The van der Waals surface area contributed by atoms with E-state index in [1.165, 1.54) is 0 Å². The van der Waals surface area contributed by atoms with Crippen molar-refractivity contribution < 1.29 is 4.74 Å². The Morgan fingerprint density at radius 3 is 2.40 bits per heavy atom. The minimum atomic E-state index is -0.00493. The maximum atomic E-state index is 13.2. The maximum Gasteiger partial charge on any atom is 0.258 e. The molecule has 0 radical (unpaired) electrons. The minimum absolute atomic E-state index is 0.00493. The Kier molecular flexibility index (Phi) is 5.40. The lowest BCUT2D eigenvalue weighted by molar-refractivity contribution is 0.305. The first-order valence-corrected chi connectivity index (χ1v) is 10.3. The standard InChI is InChI=1S/C26H24ClNO2/c1-16-9-11-21-22(13-16)23(15-30-24-12-10-19(27)14-18(24)3)25(28(4)26(21)29)20-8-6-5-7-17(20)2/h5-14H,15H2,1-4H3. The lowest BCUT2D eigenvalue weighted by Crippen LogP contribution is -2.22. The number of fused-ring (bicyclic) bond motifs is 1. The first kappa shape index (κ1) is 20.2. The van der Waals surface area contributed by atoms with Gasteiger partial charge in [-0.1, -0.05) is 53.6 Å². The molecule has 0 aliphatic carbocycles. The van der Waals surface area contributed by atoms with Gasteiger partial charge >= 0.3 is 0 Å². The van der Waals surface area contributed by atoms with Crippen molar-refractivity contribution in [2.24, 2.45) is 7.05 Å². The summed E-state index contributed by atoms with van der Waals surface area (Å²) in [6.07, 6.45) is 0. The van der Waals surface area contributed by atoms with Crippen LogP contribution in [0.3, 0.4) is 0 Å².